The van der Waals surface area contributed by atoms with Crippen molar-refractivity contribution in [1.82, 2.24) is 4.98 Å². The lowest BCUT2D eigenvalue weighted by atomic mass is 10.1. The van der Waals surface area contributed by atoms with Gasteiger partial charge in [-0.3, -0.25) is 0 Å². The number of rotatable bonds is 3. The molecule has 0 saturated carbocycles. The molecule has 0 aliphatic heterocycles. The lowest BCUT2D eigenvalue weighted by Crippen LogP contribution is -2.08. The summed E-state index contributed by atoms with van der Waals surface area (Å²) in [5, 5.41) is 12.5. The van der Waals surface area contributed by atoms with E-state index in [4.69, 9.17) is 16.9 Å². The number of aromatic nitrogens is 1. The summed E-state index contributed by atoms with van der Waals surface area (Å²) in [6.07, 6.45) is 1.57. The van der Waals surface area contributed by atoms with E-state index in [1.165, 1.54) is 0 Å². The van der Waals surface area contributed by atoms with Crippen LogP contribution in [-0.4, -0.2) is 4.98 Å². The van der Waals surface area contributed by atoms with Crippen molar-refractivity contribution in [2.75, 3.05) is 5.32 Å². The smallest absolute Gasteiger partial charge is 0.146 e. The normalized spacial score (nSPS) is 11.6. The SMILES string of the molecule is CC(Nc1nccc(C#N)c1Cl)c1ccccc1. The molecule has 2 rings (SSSR count). The van der Waals surface area contributed by atoms with Crippen LogP contribution in [-0.2, 0) is 0 Å². The Balaban J connectivity index is 2.23. The second-order valence-corrected chi connectivity index (χ2v) is 4.29. The number of nitriles is 1. The summed E-state index contributed by atoms with van der Waals surface area (Å²) in [7, 11) is 0. The molecule has 0 spiro atoms. The van der Waals surface area contributed by atoms with Crippen LogP contribution in [0.3, 0.4) is 0 Å². The fourth-order valence-corrected chi connectivity index (χ4v) is 1.87. The lowest BCUT2D eigenvalue weighted by Gasteiger charge is -2.16. The number of pyridine rings is 1. The van der Waals surface area contributed by atoms with Crippen LogP contribution in [0.5, 0.6) is 0 Å². The predicted molar refractivity (Wildman–Crippen MR) is 72.4 cm³/mol. The van der Waals surface area contributed by atoms with Gasteiger partial charge in [-0.25, -0.2) is 4.98 Å². The van der Waals surface area contributed by atoms with Crippen molar-refractivity contribution in [3.8, 4) is 6.07 Å². The third-order valence-corrected chi connectivity index (χ3v) is 3.05. The topological polar surface area (TPSA) is 48.7 Å². The molecule has 0 fully saturated rings. The first-order valence-electron chi connectivity index (χ1n) is 5.58. The van der Waals surface area contributed by atoms with E-state index in [1.54, 1.807) is 12.3 Å². The minimum atomic E-state index is 0.0742. The van der Waals surface area contributed by atoms with Gasteiger partial charge in [-0.1, -0.05) is 41.9 Å². The Morgan fingerprint density at radius 1 is 1.28 bits per heavy atom. The summed E-state index contributed by atoms with van der Waals surface area (Å²) in [5.74, 6) is 0.534. The van der Waals surface area contributed by atoms with Gasteiger partial charge in [0.05, 0.1) is 5.56 Å². The highest BCUT2D eigenvalue weighted by Crippen LogP contribution is 2.26. The van der Waals surface area contributed by atoms with E-state index in [9.17, 15) is 0 Å². The minimum Gasteiger partial charge on any atom is -0.362 e. The molecule has 3 nitrogen and oxygen atoms in total. The van der Waals surface area contributed by atoms with Crippen LogP contribution < -0.4 is 5.32 Å². The summed E-state index contributed by atoms with van der Waals surface area (Å²) in [6, 6.07) is 13.7. The van der Waals surface area contributed by atoms with E-state index < -0.39 is 0 Å². The number of benzene rings is 1. The van der Waals surface area contributed by atoms with E-state index in [1.807, 2.05) is 43.3 Å². The molecule has 0 aliphatic carbocycles. The van der Waals surface area contributed by atoms with Crippen LogP contribution in [0, 0.1) is 11.3 Å². The Labute approximate surface area is 111 Å². The van der Waals surface area contributed by atoms with Crippen LogP contribution in [0.2, 0.25) is 5.02 Å². The van der Waals surface area contributed by atoms with Gasteiger partial charge in [-0.15, -0.1) is 0 Å². The first-order valence-corrected chi connectivity index (χ1v) is 5.96. The zero-order valence-corrected chi connectivity index (χ0v) is 10.6. The summed E-state index contributed by atoms with van der Waals surface area (Å²) < 4.78 is 0. The third kappa shape index (κ3) is 2.61. The summed E-state index contributed by atoms with van der Waals surface area (Å²) in [6.45, 7) is 2.02. The second kappa shape index (κ2) is 5.52. The largest absolute Gasteiger partial charge is 0.362 e. The summed E-state index contributed by atoms with van der Waals surface area (Å²) in [4.78, 5) is 4.16. The Kier molecular flexibility index (Phi) is 3.81. The van der Waals surface area contributed by atoms with Crippen molar-refractivity contribution in [3.63, 3.8) is 0 Å². The minimum absolute atomic E-state index is 0.0742. The monoisotopic (exact) mass is 257 g/mol. The predicted octanol–water partition coefficient (Wildman–Crippen LogP) is 3.78. The molecule has 0 radical (unpaired) electrons. The van der Waals surface area contributed by atoms with Crippen molar-refractivity contribution in [3.05, 3.63) is 58.7 Å². The Morgan fingerprint density at radius 2 is 2.00 bits per heavy atom. The fraction of sp³-hybridized carbons (Fsp3) is 0.143. The molecule has 0 amide bonds. The molecule has 1 aromatic heterocycles. The Hall–Kier alpha value is -2.05. The molecule has 90 valence electrons. The molecule has 2 aromatic rings. The van der Waals surface area contributed by atoms with E-state index in [-0.39, 0.29) is 6.04 Å². The first-order chi connectivity index (χ1) is 8.72. The Bertz CT molecular complexity index is 575. The number of nitrogens with one attached hydrogen (secondary N) is 1. The summed E-state index contributed by atoms with van der Waals surface area (Å²) >= 11 is 6.09. The third-order valence-electron chi connectivity index (χ3n) is 2.66. The van der Waals surface area contributed by atoms with E-state index in [2.05, 4.69) is 10.3 Å². The molecule has 0 saturated heterocycles. The highest BCUT2D eigenvalue weighted by atomic mass is 35.5. The maximum Gasteiger partial charge on any atom is 0.146 e. The van der Waals surface area contributed by atoms with Crippen molar-refractivity contribution < 1.29 is 0 Å². The van der Waals surface area contributed by atoms with Gasteiger partial charge in [0.1, 0.15) is 16.9 Å². The van der Waals surface area contributed by atoms with E-state index >= 15 is 0 Å². The van der Waals surface area contributed by atoms with Gasteiger partial charge in [0.15, 0.2) is 0 Å². The van der Waals surface area contributed by atoms with Gasteiger partial charge in [0.25, 0.3) is 0 Å². The number of hydrogen-bond acceptors (Lipinski definition) is 3. The van der Waals surface area contributed by atoms with Crippen molar-refractivity contribution in [2.45, 2.75) is 13.0 Å². The molecule has 1 aromatic carbocycles. The standard InChI is InChI=1S/C14H12ClN3/c1-10(11-5-3-2-4-6-11)18-14-13(15)12(9-16)7-8-17-14/h2-8,10H,1H3,(H,17,18). The first kappa shape index (κ1) is 12.4. The fourth-order valence-electron chi connectivity index (χ4n) is 1.66. The Morgan fingerprint density at radius 3 is 2.67 bits per heavy atom. The highest BCUT2D eigenvalue weighted by Gasteiger charge is 2.10. The summed E-state index contributed by atoms with van der Waals surface area (Å²) in [5.41, 5.74) is 1.56. The highest BCUT2D eigenvalue weighted by molar-refractivity contribution is 6.34. The van der Waals surface area contributed by atoms with Gasteiger partial charge >= 0.3 is 0 Å². The number of halogens is 1. The van der Waals surface area contributed by atoms with Crippen LogP contribution in [0.4, 0.5) is 5.82 Å². The second-order valence-electron chi connectivity index (χ2n) is 3.91. The molecule has 1 atom stereocenters. The van der Waals surface area contributed by atoms with Crippen LogP contribution in [0.1, 0.15) is 24.1 Å². The molecule has 1 heterocycles. The quantitative estimate of drug-likeness (QED) is 0.910. The van der Waals surface area contributed by atoms with Gasteiger partial charge in [-0.2, -0.15) is 5.26 Å². The van der Waals surface area contributed by atoms with Crippen molar-refractivity contribution >= 4 is 17.4 Å². The number of anilines is 1. The van der Waals surface area contributed by atoms with Gasteiger partial charge in [0, 0.05) is 12.2 Å². The molecule has 0 aliphatic rings. The van der Waals surface area contributed by atoms with Crippen molar-refractivity contribution in [1.29, 1.82) is 5.26 Å². The van der Waals surface area contributed by atoms with Gasteiger partial charge < -0.3 is 5.32 Å². The molecule has 0 bridgehead atoms. The van der Waals surface area contributed by atoms with E-state index in [0.717, 1.165) is 5.56 Å². The van der Waals surface area contributed by atoms with E-state index in [0.29, 0.717) is 16.4 Å². The molecular formula is C14H12ClN3. The zero-order chi connectivity index (χ0) is 13.0. The average molecular weight is 258 g/mol. The molecule has 1 N–H and O–H groups in total. The maximum atomic E-state index is 8.90. The molecule has 1 unspecified atom stereocenters. The van der Waals surface area contributed by atoms with Crippen LogP contribution >= 0.6 is 11.6 Å². The molecular weight excluding hydrogens is 246 g/mol. The molecule has 4 heteroatoms. The average Bonchev–Trinajstić information content (AvgIpc) is 2.42. The zero-order valence-electron chi connectivity index (χ0n) is 9.89. The molecule has 18 heavy (non-hydrogen) atoms. The van der Waals surface area contributed by atoms with Gasteiger partial charge in [-0.05, 0) is 18.6 Å². The van der Waals surface area contributed by atoms with Crippen LogP contribution in [0.15, 0.2) is 42.6 Å². The maximum absolute atomic E-state index is 8.90. The van der Waals surface area contributed by atoms with Crippen LogP contribution in [0.25, 0.3) is 0 Å². The van der Waals surface area contributed by atoms with Gasteiger partial charge in [0.2, 0.25) is 0 Å². The number of hydrogen-bond donors (Lipinski definition) is 1. The van der Waals surface area contributed by atoms with Crippen molar-refractivity contribution in [2.24, 2.45) is 0 Å². The lowest BCUT2D eigenvalue weighted by molar-refractivity contribution is 0.874. The number of nitrogens with zero attached hydrogens (tertiary/aromatic N) is 2.